The van der Waals surface area contributed by atoms with E-state index in [2.05, 4.69) is 45.3 Å². The summed E-state index contributed by atoms with van der Waals surface area (Å²) < 4.78 is 0. The largest absolute Gasteiger partial charge is 0.376 e. The van der Waals surface area contributed by atoms with Gasteiger partial charge >= 0.3 is 0 Å². The minimum atomic E-state index is -0.455. The Morgan fingerprint density at radius 1 is 1.03 bits per heavy atom. The number of aromatic nitrogens is 1. The molecule has 6 nitrogen and oxygen atoms in total. The van der Waals surface area contributed by atoms with Crippen molar-refractivity contribution in [2.45, 2.75) is 31.5 Å². The third-order valence-electron chi connectivity index (χ3n) is 8.08. The van der Waals surface area contributed by atoms with Crippen LogP contribution in [0.3, 0.4) is 0 Å². The van der Waals surface area contributed by atoms with Crippen molar-refractivity contribution in [2.75, 3.05) is 23.7 Å². The van der Waals surface area contributed by atoms with E-state index in [1.807, 2.05) is 54.7 Å². The molecule has 4 heterocycles. The van der Waals surface area contributed by atoms with E-state index in [1.165, 1.54) is 6.42 Å². The average Bonchev–Trinajstić information content (AvgIpc) is 2.95. The van der Waals surface area contributed by atoms with Gasteiger partial charge in [-0.3, -0.25) is 19.5 Å². The Balaban J connectivity index is 1.37. The predicted molar refractivity (Wildman–Crippen MR) is 145 cm³/mol. The van der Waals surface area contributed by atoms with Crippen molar-refractivity contribution in [2.24, 2.45) is 11.8 Å². The van der Waals surface area contributed by atoms with Gasteiger partial charge in [0.15, 0.2) is 0 Å². The Bertz CT molecular complexity index is 1470. The maximum absolute atomic E-state index is 12.8. The number of fused-ring (bicyclic) bond motifs is 4. The fraction of sp³-hybridized carbons (Fsp3) is 0.300. The lowest BCUT2D eigenvalue weighted by molar-refractivity contribution is 0.0105. The van der Waals surface area contributed by atoms with E-state index in [1.54, 1.807) is 0 Å². The lowest BCUT2D eigenvalue weighted by atomic mass is 9.73. The first-order chi connectivity index (χ1) is 17.6. The molecule has 2 N–H and O–H groups in total. The van der Waals surface area contributed by atoms with E-state index in [-0.39, 0.29) is 12.1 Å². The molecule has 0 spiro atoms. The number of para-hydroxylation sites is 1. The molecule has 0 amide bonds. The van der Waals surface area contributed by atoms with Crippen LogP contribution in [0.15, 0.2) is 89.1 Å². The molecule has 3 aromatic carbocycles. The number of pyridine rings is 1. The van der Waals surface area contributed by atoms with Crippen LogP contribution in [0.25, 0.3) is 10.9 Å². The lowest BCUT2D eigenvalue weighted by Gasteiger charge is -2.52. The number of rotatable bonds is 8. The molecule has 0 saturated carbocycles. The number of anilines is 2. The maximum Gasteiger partial charge on any atom is 0.253 e. The van der Waals surface area contributed by atoms with Gasteiger partial charge in [-0.1, -0.05) is 54.6 Å². The standard InChI is InChI=1S/C30H30N4O2/c1-2-20-18-34-15-13-21(20)16-25(34)26(23-12-14-31-24-11-7-6-10-22(23)24)33-28-27(29(35)30(28)36)32-17-19-8-4-3-5-9-19/h2-12,14,20-21,25-26,32-33H,1,13,15-18H2/t20?,21?,25?,26-/m0/s1. The first-order valence-electron chi connectivity index (χ1n) is 12.7. The fourth-order valence-electron chi connectivity index (χ4n) is 6.13. The van der Waals surface area contributed by atoms with Crippen LogP contribution in [0, 0.1) is 11.8 Å². The highest BCUT2D eigenvalue weighted by atomic mass is 16.2. The molecule has 3 aliphatic rings. The molecule has 3 saturated heterocycles. The normalized spacial score (nSPS) is 24.0. The number of hydrogen-bond donors (Lipinski definition) is 2. The zero-order chi connectivity index (χ0) is 24.6. The van der Waals surface area contributed by atoms with E-state index in [0.717, 1.165) is 41.5 Å². The van der Waals surface area contributed by atoms with Crippen LogP contribution < -0.4 is 21.5 Å². The molecule has 3 aliphatic heterocycles. The number of piperidine rings is 3. The first-order valence-corrected chi connectivity index (χ1v) is 12.7. The Morgan fingerprint density at radius 2 is 1.81 bits per heavy atom. The molecule has 36 heavy (non-hydrogen) atoms. The van der Waals surface area contributed by atoms with Crippen molar-refractivity contribution in [1.29, 1.82) is 0 Å². The van der Waals surface area contributed by atoms with Gasteiger partial charge in [-0.25, -0.2) is 0 Å². The van der Waals surface area contributed by atoms with Gasteiger partial charge in [-0.15, -0.1) is 6.58 Å². The third-order valence-corrected chi connectivity index (χ3v) is 8.08. The van der Waals surface area contributed by atoms with Gasteiger partial charge in [0.05, 0.1) is 11.6 Å². The monoisotopic (exact) mass is 478 g/mol. The molecule has 7 rings (SSSR count). The lowest BCUT2D eigenvalue weighted by Crippen LogP contribution is -2.56. The summed E-state index contributed by atoms with van der Waals surface area (Å²) in [5.41, 5.74) is 2.96. The molecule has 4 unspecified atom stereocenters. The van der Waals surface area contributed by atoms with Gasteiger partial charge in [-0.05, 0) is 54.5 Å². The Morgan fingerprint density at radius 3 is 2.58 bits per heavy atom. The third kappa shape index (κ3) is 3.91. The van der Waals surface area contributed by atoms with Gasteiger partial charge in [0.25, 0.3) is 10.9 Å². The van der Waals surface area contributed by atoms with Crippen LogP contribution in [0.2, 0.25) is 0 Å². The quantitative estimate of drug-likeness (QED) is 0.287. The summed E-state index contributed by atoms with van der Waals surface area (Å²) in [6, 6.07) is 20.1. The minimum Gasteiger partial charge on any atom is -0.376 e. The van der Waals surface area contributed by atoms with Gasteiger partial charge in [-0.2, -0.15) is 0 Å². The van der Waals surface area contributed by atoms with Crippen molar-refractivity contribution in [3.63, 3.8) is 0 Å². The van der Waals surface area contributed by atoms with Crippen molar-refractivity contribution in [3.05, 3.63) is 111 Å². The number of benzene rings is 2. The second kappa shape index (κ2) is 9.36. The highest BCUT2D eigenvalue weighted by Crippen LogP contribution is 2.43. The zero-order valence-electron chi connectivity index (χ0n) is 20.2. The number of nitrogens with zero attached hydrogens (tertiary/aromatic N) is 2. The SMILES string of the molecule is C=CC1CN2CCC1CC2[C@@H](Nc1c(NCc2ccccc2)c(=O)c1=O)c1ccnc2ccccc12. The van der Waals surface area contributed by atoms with Crippen LogP contribution in [-0.4, -0.2) is 29.0 Å². The molecule has 1 aromatic heterocycles. The van der Waals surface area contributed by atoms with E-state index >= 15 is 0 Å². The van der Waals surface area contributed by atoms with Crippen molar-refractivity contribution >= 4 is 22.3 Å². The summed E-state index contributed by atoms with van der Waals surface area (Å²) in [4.78, 5) is 32.5. The zero-order valence-corrected chi connectivity index (χ0v) is 20.2. The summed E-state index contributed by atoms with van der Waals surface area (Å²) in [5, 5.41) is 7.86. The highest BCUT2D eigenvalue weighted by molar-refractivity contribution is 5.83. The van der Waals surface area contributed by atoms with Crippen LogP contribution in [0.4, 0.5) is 11.4 Å². The minimum absolute atomic E-state index is 0.146. The first kappa shape index (κ1) is 22.7. The van der Waals surface area contributed by atoms with Gasteiger partial charge in [0, 0.05) is 30.7 Å². The van der Waals surface area contributed by atoms with Crippen LogP contribution >= 0.6 is 0 Å². The fourth-order valence-corrected chi connectivity index (χ4v) is 6.13. The van der Waals surface area contributed by atoms with E-state index in [4.69, 9.17) is 0 Å². The average molecular weight is 479 g/mol. The summed E-state index contributed by atoms with van der Waals surface area (Å²) >= 11 is 0. The van der Waals surface area contributed by atoms with Crippen molar-refractivity contribution < 1.29 is 0 Å². The molecule has 0 aliphatic carbocycles. The molecule has 4 aromatic rings. The Kier molecular flexibility index (Phi) is 5.89. The molecular formula is C30H30N4O2. The molecule has 3 fully saturated rings. The maximum atomic E-state index is 12.8. The van der Waals surface area contributed by atoms with Crippen molar-refractivity contribution in [1.82, 2.24) is 9.88 Å². The van der Waals surface area contributed by atoms with Gasteiger partial charge in [0.2, 0.25) is 0 Å². The summed E-state index contributed by atoms with van der Waals surface area (Å²) in [6.45, 7) is 6.57. The molecule has 6 heteroatoms. The summed E-state index contributed by atoms with van der Waals surface area (Å²) in [5.74, 6) is 1.08. The number of hydrogen-bond acceptors (Lipinski definition) is 6. The predicted octanol–water partition coefficient (Wildman–Crippen LogP) is 4.49. The van der Waals surface area contributed by atoms with Crippen LogP contribution in [0.1, 0.15) is 30.0 Å². The Hall–Kier alpha value is -3.77. The van der Waals surface area contributed by atoms with Gasteiger partial charge < -0.3 is 10.6 Å². The number of nitrogens with one attached hydrogen (secondary N) is 2. The second-order valence-corrected chi connectivity index (χ2v) is 10.0. The van der Waals surface area contributed by atoms with Crippen LogP contribution in [-0.2, 0) is 6.54 Å². The molecule has 2 bridgehead atoms. The van der Waals surface area contributed by atoms with Crippen molar-refractivity contribution in [3.8, 4) is 0 Å². The molecule has 0 radical (unpaired) electrons. The molecule has 5 atom stereocenters. The molecule has 182 valence electrons. The highest BCUT2D eigenvalue weighted by Gasteiger charge is 2.43. The summed E-state index contributed by atoms with van der Waals surface area (Å²) in [7, 11) is 0. The Labute approximate surface area is 210 Å². The van der Waals surface area contributed by atoms with Gasteiger partial charge in [0.1, 0.15) is 11.4 Å². The van der Waals surface area contributed by atoms with E-state index in [0.29, 0.717) is 29.8 Å². The topological polar surface area (TPSA) is 74.3 Å². The molecular weight excluding hydrogens is 448 g/mol. The second-order valence-electron chi connectivity index (χ2n) is 10.0. The van der Waals surface area contributed by atoms with E-state index < -0.39 is 10.9 Å². The smallest absolute Gasteiger partial charge is 0.253 e. The van der Waals surface area contributed by atoms with Crippen LogP contribution in [0.5, 0.6) is 0 Å². The van der Waals surface area contributed by atoms with E-state index in [9.17, 15) is 9.59 Å². The summed E-state index contributed by atoms with van der Waals surface area (Å²) in [6.07, 6.45) is 6.12.